The summed E-state index contributed by atoms with van der Waals surface area (Å²) in [7, 11) is 0. The molecule has 0 bridgehead atoms. The highest BCUT2D eigenvalue weighted by Crippen LogP contribution is 2.29. The van der Waals surface area contributed by atoms with Crippen molar-refractivity contribution in [3.63, 3.8) is 0 Å². The van der Waals surface area contributed by atoms with E-state index < -0.39 is 11.9 Å². The van der Waals surface area contributed by atoms with Crippen molar-refractivity contribution in [1.82, 2.24) is 9.80 Å². The Bertz CT molecular complexity index is 1340. The number of hydrogen-bond acceptors (Lipinski definition) is 5. The fraction of sp³-hybridized carbons (Fsp3) is 0.286. The van der Waals surface area contributed by atoms with Gasteiger partial charge in [0.1, 0.15) is 24.3 Å². The number of halogens is 2. The Morgan fingerprint density at radius 3 is 1.98 bits per heavy atom. The SMILES string of the molecule is Cl.O=C(CCc1ccccc1)c1cc(F)ccc1OCC(O)CN1CCN(C(c2ccccc2)c2ccccc2)CC1. The molecule has 1 aliphatic heterocycles. The maximum atomic E-state index is 14.0. The summed E-state index contributed by atoms with van der Waals surface area (Å²) in [4.78, 5) is 17.7. The minimum Gasteiger partial charge on any atom is -0.490 e. The van der Waals surface area contributed by atoms with Gasteiger partial charge in [0.15, 0.2) is 5.78 Å². The van der Waals surface area contributed by atoms with Crippen molar-refractivity contribution in [3.8, 4) is 5.75 Å². The Labute approximate surface area is 254 Å². The number of carbonyl (C=O) groups is 1. The average Bonchev–Trinajstić information content (AvgIpc) is 3.02. The van der Waals surface area contributed by atoms with Crippen LogP contribution in [-0.4, -0.2) is 66.1 Å². The second kappa shape index (κ2) is 15.6. The summed E-state index contributed by atoms with van der Waals surface area (Å²) in [5, 5.41) is 10.8. The van der Waals surface area contributed by atoms with Gasteiger partial charge in [-0.15, -0.1) is 12.4 Å². The van der Waals surface area contributed by atoms with Crippen LogP contribution in [0.25, 0.3) is 0 Å². The lowest BCUT2D eigenvalue weighted by Gasteiger charge is -2.40. The first-order valence-corrected chi connectivity index (χ1v) is 14.3. The summed E-state index contributed by atoms with van der Waals surface area (Å²) >= 11 is 0. The summed E-state index contributed by atoms with van der Waals surface area (Å²) in [6.45, 7) is 3.90. The van der Waals surface area contributed by atoms with E-state index in [4.69, 9.17) is 4.74 Å². The molecule has 0 spiro atoms. The van der Waals surface area contributed by atoms with Gasteiger partial charge in [-0.05, 0) is 41.3 Å². The number of rotatable bonds is 12. The average molecular weight is 589 g/mol. The molecule has 4 aromatic rings. The first-order chi connectivity index (χ1) is 20.1. The van der Waals surface area contributed by atoms with E-state index in [1.54, 1.807) is 0 Å². The van der Waals surface area contributed by atoms with E-state index in [1.165, 1.54) is 29.3 Å². The van der Waals surface area contributed by atoms with Crippen LogP contribution in [0, 0.1) is 5.82 Å². The first-order valence-electron chi connectivity index (χ1n) is 14.3. The van der Waals surface area contributed by atoms with E-state index in [2.05, 4.69) is 58.3 Å². The minimum absolute atomic E-state index is 0. The quantitative estimate of drug-likeness (QED) is 0.199. The first kappa shape index (κ1) is 31.4. The van der Waals surface area contributed by atoms with Crippen molar-refractivity contribution in [1.29, 1.82) is 0 Å². The number of aryl methyl sites for hydroxylation is 1. The van der Waals surface area contributed by atoms with Gasteiger partial charge in [-0.3, -0.25) is 14.6 Å². The van der Waals surface area contributed by atoms with Crippen molar-refractivity contribution < 1.29 is 19.0 Å². The lowest BCUT2D eigenvalue weighted by atomic mass is 9.96. The molecule has 5 nitrogen and oxygen atoms in total. The third-order valence-electron chi connectivity index (χ3n) is 7.63. The maximum Gasteiger partial charge on any atom is 0.167 e. The third-order valence-corrected chi connectivity index (χ3v) is 7.63. The molecule has 1 atom stereocenters. The number of hydrogen-bond donors (Lipinski definition) is 1. The zero-order valence-corrected chi connectivity index (χ0v) is 24.5. The van der Waals surface area contributed by atoms with Crippen molar-refractivity contribution in [2.75, 3.05) is 39.3 Å². The Kier molecular flexibility index (Phi) is 11.7. The van der Waals surface area contributed by atoms with Crippen molar-refractivity contribution in [3.05, 3.63) is 137 Å². The van der Waals surface area contributed by atoms with Crippen LogP contribution in [0.3, 0.4) is 0 Å². The summed E-state index contributed by atoms with van der Waals surface area (Å²) in [6, 6.07) is 35.1. The summed E-state index contributed by atoms with van der Waals surface area (Å²) in [5.41, 5.74) is 3.81. The largest absolute Gasteiger partial charge is 0.490 e. The van der Waals surface area contributed by atoms with Crippen LogP contribution in [0.5, 0.6) is 5.75 Å². The molecule has 0 radical (unpaired) electrons. The number of carbonyl (C=O) groups excluding carboxylic acids is 1. The molecule has 7 heteroatoms. The maximum absolute atomic E-state index is 14.0. The molecule has 220 valence electrons. The fourth-order valence-corrected chi connectivity index (χ4v) is 5.51. The zero-order valence-electron chi connectivity index (χ0n) is 23.6. The van der Waals surface area contributed by atoms with Crippen molar-refractivity contribution in [2.45, 2.75) is 25.0 Å². The summed E-state index contributed by atoms with van der Waals surface area (Å²) in [5.74, 6) is -0.356. The van der Waals surface area contributed by atoms with Gasteiger partial charge in [-0.1, -0.05) is 91.0 Å². The van der Waals surface area contributed by atoms with Gasteiger partial charge >= 0.3 is 0 Å². The number of Topliss-reactive ketones (excluding diaryl/α,β-unsaturated/α-hetero) is 1. The highest BCUT2D eigenvalue weighted by Gasteiger charge is 2.27. The van der Waals surface area contributed by atoms with Gasteiger partial charge in [-0.2, -0.15) is 0 Å². The number of benzene rings is 4. The van der Waals surface area contributed by atoms with Gasteiger partial charge in [0.05, 0.1) is 11.6 Å². The van der Waals surface area contributed by atoms with Crippen molar-refractivity contribution in [2.24, 2.45) is 0 Å². The summed E-state index contributed by atoms with van der Waals surface area (Å²) in [6.07, 6.45) is 0.0846. The Hall–Kier alpha value is -3.55. The molecule has 1 saturated heterocycles. The van der Waals surface area contributed by atoms with Crippen LogP contribution < -0.4 is 4.74 Å². The molecule has 1 aliphatic rings. The van der Waals surface area contributed by atoms with Crippen LogP contribution in [-0.2, 0) is 6.42 Å². The molecular weight excluding hydrogens is 551 g/mol. The smallest absolute Gasteiger partial charge is 0.167 e. The van der Waals surface area contributed by atoms with Gasteiger partial charge < -0.3 is 9.84 Å². The van der Waals surface area contributed by atoms with Gasteiger partial charge in [0.2, 0.25) is 0 Å². The molecule has 42 heavy (non-hydrogen) atoms. The van der Waals surface area contributed by atoms with Gasteiger partial charge in [0.25, 0.3) is 0 Å². The van der Waals surface area contributed by atoms with Crippen LogP contribution in [0.4, 0.5) is 4.39 Å². The molecule has 0 aliphatic carbocycles. The number of nitrogens with zero attached hydrogens (tertiary/aromatic N) is 2. The van der Waals surface area contributed by atoms with Crippen LogP contribution in [0.1, 0.15) is 39.5 Å². The molecule has 1 heterocycles. The van der Waals surface area contributed by atoms with E-state index >= 15 is 0 Å². The van der Waals surface area contributed by atoms with Gasteiger partial charge in [0, 0.05) is 39.1 Å². The predicted octanol–water partition coefficient (Wildman–Crippen LogP) is 6.21. The molecule has 1 fully saturated rings. The third kappa shape index (κ3) is 8.49. The number of piperazine rings is 1. The number of aliphatic hydroxyl groups is 1. The fourth-order valence-electron chi connectivity index (χ4n) is 5.51. The number of ketones is 1. The lowest BCUT2D eigenvalue weighted by molar-refractivity contribution is 0.0398. The molecule has 4 aromatic carbocycles. The van der Waals surface area contributed by atoms with E-state index in [1.807, 2.05) is 42.5 Å². The number of ether oxygens (including phenoxy) is 1. The Balaban J connectivity index is 0.00000405. The highest BCUT2D eigenvalue weighted by molar-refractivity contribution is 5.98. The lowest BCUT2D eigenvalue weighted by Crippen LogP contribution is -2.50. The molecule has 0 amide bonds. The molecule has 0 aromatic heterocycles. The molecular formula is C35H38ClFN2O3. The Morgan fingerprint density at radius 1 is 0.810 bits per heavy atom. The molecule has 0 saturated carbocycles. The standard InChI is InChI=1S/C35H37FN2O3.ClH/c36-30-17-19-34(32(24-30)33(40)18-16-27-10-4-1-5-11-27)41-26-31(39)25-37-20-22-38(23-21-37)35(28-12-6-2-7-13-28)29-14-8-3-9-15-29;/h1-15,17,19,24,31,35,39H,16,18,20-23,25-26H2;1H. The topological polar surface area (TPSA) is 53.0 Å². The predicted molar refractivity (Wildman–Crippen MR) is 167 cm³/mol. The molecule has 1 unspecified atom stereocenters. The summed E-state index contributed by atoms with van der Waals surface area (Å²) < 4.78 is 19.9. The second-order valence-corrected chi connectivity index (χ2v) is 10.6. The van der Waals surface area contributed by atoms with E-state index in [-0.39, 0.29) is 42.8 Å². The van der Waals surface area contributed by atoms with Gasteiger partial charge in [-0.25, -0.2) is 4.39 Å². The van der Waals surface area contributed by atoms with E-state index in [0.717, 1.165) is 31.7 Å². The van der Waals surface area contributed by atoms with Crippen LogP contribution in [0.15, 0.2) is 109 Å². The van der Waals surface area contributed by atoms with Crippen molar-refractivity contribution >= 4 is 18.2 Å². The molecule has 1 N–H and O–H groups in total. The zero-order chi connectivity index (χ0) is 28.4. The Morgan fingerprint density at radius 2 is 1.38 bits per heavy atom. The minimum atomic E-state index is -0.738. The van der Waals surface area contributed by atoms with Crippen LogP contribution >= 0.6 is 12.4 Å². The molecule has 5 rings (SSSR count). The van der Waals surface area contributed by atoms with E-state index in [0.29, 0.717) is 18.7 Å². The second-order valence-electron chi connectivity index (χ2n) is 10.6. The highest BCUT2D eigenvalue weighted by atomic mass is 35.5. The monoisotopic (exact) mass is 588 g/mol. The van der Waals surface area contributed by atoms with E-state index in [9.17, 15) is 14.3 Å². The number of aliphatic hydroxyl groups excluding tert-OH is 1. The number of β-amino-alcohol motifs (C(OH)–C–C–N with tert-alkyl or cyclic N) is 1. The normalized spacial score (nSPS) is 14.7. The van der Waals surface area contributed by atoms with Crippen LogP contribution in [0.2, 0.25) is 0 Å².